The SMILES string of the molecule is CCN1C2OC3CCC2(CO)C2C(OC)C4(O)C1C32C1CC2C(OC)CC4(O)C1C2O. The van der Waals surface area contributed by atoms with Crippen LogP contribution in [0.3, 0.4) is 0 Å². The molecule has 4 saturated heterocycles. The highest BCUT2D eigenvalue weighted by atomic mass is 16.5. The molecule has 5 aliphatic carbocycles. The fourth-order valence-electron chi connectivity index (χ4n) is 11.0. The van der Waals surface area contributed by atoms with Gasteiger partial charge in [-0.15, -0.1) is 0 Å². The van der Waals surface area contributed by atoms with E-state index in [4.69, 9.17) is 14.2 Å². The van der Waals surface area contributed by atoms with E-state index >= 15 is 0 Å². The summed E-state index contributed by atoms with van der Waals surface area (Å²) >= 11 is 0. The Balaban J connectivity index is 1.56. The van der Waals surface area contributed by atoms with Crippen molar-refractivity contribution in [2.75, 3.05) is 27.4 Å². The highest BCUT2D eigenvalue weighted by Crippen LogP contribution is 2.83. The van der Waals surface area contributed by atoms with Crippen molar-refractivity contribution in [2.24, 2.45) is 34.5 Å². The van der Waals surface area contributed by atoms with Gasteiger partial charge in [-0.1, -0.05) is 6.92 Å². The van der Waals surface area contributed by atoms with Crippen molar-refractivity contribution in [3.63, 3.8) is 0 Å². The number of hydrogen-bond donors (Lipinski definition) is 4. The number of nitrogens with zero attached hydrogens (tertiary/aromatic N) is 1. The lowest BCUT2D eigenvalue weighted by Gasteiger charge is -2.76. The summed E-state index contributed by atoms with van der Waals surface area (Å²) in [6, 6.07) is -0.323. The van der Waals surface area contributed by atoms with Gasteiger partial charge in [0, 0.05) is 49.2 Å². The molecule has 9 fully saturated rings. The van der Waals surface area contributed by atoms with E-state index in [2.05, 4.69) is 11.8 Å². The van der Waals surface area contributed by atoms with E-state index in [9.17, 15) is 20.4 Å². The molecule has 4 aliphatic heterocycles. The van der Waals surface area contributed by atoms with Crippen LogP contribution in [-0.2, 0) is 14.2 Å². The average molecular weight is 438 g/mol. The number of likely N-dealkylation sites (N-methyl/N-ethyl adjacent to an activating group) is 1. The highest BCUT2D eigenvalue weighted by molar-refractivity contribution is 5.43. The van der Waals surface area contributed by atoms with Gasteiger partial charge in [0.05, 0.1) is 37.1 Å². The molecule has 0 radical (unpaired) electrons. The van der Waals surface area contributed by atoms with Crippen LogP contribution < -0.4 is 0 Å². The predicted octanol–water partition coefficient (Wildman–Crippen LogP) is -0.673. The Hall–Kier alpha value is -0.320. The van der Waals surface area contributed by atoms with E-state index in [1.54, 1.807) is 14.2 Å². The van der Waals surface area contributed by atoms with E-state index in [0.29, 0.717) is 13.0 Å². The Labute approximate surface area is 182 Å². The molecule has 0 aromatic carbocycles. The van der Waals surface area contributed by atoms with Crippen LogP contribution in [0.5, 0.6) is 0 Å². The lowest BCUT2D eigenvalue weighted by molar-refractivity contribution is -0.410. The Morgan fingerprint density at radius 3 is 2.61 bits per heavy atom. The zero-order valence-corrected chi connectivity index (χ0v) is 18.5. The van der Waals surface area contributed by atoms with Crippen molar-refractivity contribution < 1.29 is 34.6 Å². The van der Waals surface area contributed by atoms with E-state index in [-0.39, 0.29) is 48.8 Å². The van der Waals surface area contributed by atoms with Crippen molar-refractivity contribution in [1.82, 2.24) is 4.90 Å². The van der Waals surface area contributed by atoms with Gasteiger partial charge in [0.1, 0.15) is 17.4 Å². The van der Waals surface area contributed by atoms with Gasteiger partial charge in [-0.05, 0) is 31.7 Å². The zero-order chi connectivity index (χ0) is 21.7. The van der Waals surface area contributed by atoms with Crippen LogP contribution in [0.15, 0.2) is 0 Å². The second kappa shape index (κ2) is 5.66. The lowest BCUT2D eigenvalue weighted by Crippen LogP contribution is -2.86. The molecule has 14 atom stereocenters. The number of hydrogen-bond acceptors (Lipinski definition) is 8. The highest BCUT2D eigenvalue weighted by Gasteiger charge is 2.94. The smallest absolute Gasteiger partial charge is 0.136 e. The first-order valence-corrected chi connectivity index (χ1v) is 12.0. The second-order valence-corrected chi connectivity index (χ2v) is 11.5. The summed E-state index contributed by atoms with van der Waals surface area (Å²) in [4.78, 5) is 2.22. The lowest BCUT2D eigenvalue weighted by atomic mass is 9.41. The normalized spacial score (nSPS) is 67.5. The van der Waals surface area contributed by atoms with E-state index < -0.39 is 40.2 Å². The topological polar surface area (TPSA) is 112 Å². The monoisotopic (exact) mass is 437 g/mol. The summed E-state index contributed by atoms with van der Waals surface area (Å²) in [5.41, 5.74) is -4.09. The van der Waals surface area contributed by atoms with Gasteiger partial charge >= 0.3 is 0 Å². The molecule has 9 rings (SSSR count). The van der Waals surface area contributed by atoms with Gasteiger partial charge in [0.15, 0.2) is 0 Å². The molecule has 174 valence electrons. The standard InChI is InChI=1S/C23H35NO7/c1-4-24-18-22-11-7-10-12(29-2)8-21(27,14(11)15(10)26)23(18,28)17(30-3)16(22)20(9-25)6-5-13(22)31-19(20)24/h10-19,25-28H,4-9H2,1-3H3. The van der Waals surface area contributed by atoms with Gasteiger partial charge in [-0.2, -0.15) is 0 Å². The first kappa shape index (κ1) is 20.1. The number of rotatable bonds is 4. The maximum absolute atomic E-state index is 12.7. The van der Waals surface area contributed by atoms with E-state index in [1.165, 1.54) is 0 Å². The number of ether oxygens (including phenoxy) is 3. The number of piperidine rings is 1. The molecule has 9 aliphatic rings. The van der Waals surface area contributed by atoms with Crippen LogP contribution in [0.1, 0.15) is 32.6 Å². The fourth-order valence-corrected chi connectivity index (χ4v) is 11.0. The molecule has 4 heterocycles. The Kier molecular flexibility index (Phi) is 3.67. The molecule has 4 N–H and O–H groups in total. The molecule has 5 saturated carbocycles. The van der Waals surface area contributed by atoms with Gasteiger partial charge in [0.25, 0.3) is 0 Å². The van der Waals surface area contributed by atoms with Crippen LogP contribution in [0.4, 0.5) is 0 Å². The summed E-state index contributed by atoms with van der Waals surface area (Å²) < 4.78 is 18.6. The molecule has 31 heavy (non-hydrogen) atoms. The molecule has 0 amide bonds. The first-order valence-electron chi connectivity index (χ1n) is 12.0. The maximum Gasteiger partial charge on any atom is 0.136 e. The minimum absolute atomic E-state index is 0.0143. The molecular formula is C23H35NO7. The van der Waals surface area contributed by atoms with Gasteiger partial charge < -0.3 is 34.6 Å². The molecular weight excluding hydrogens is 402 g/mol. The quantitative estimate of drug-likeness (QED) is 0.458. The number of aliphatic hydroxyl groups excluding tert-OH is 2. The maximum atomic E-state index is 12.7. The second-order valence-electron chi connectivity index (χ2n) is 11.5. The van der Waals surface area contributed by atoms with Crippen LogP contribution in [0.2, 0.25) is 0 Å². The summed E-state index contributed by atoms with van der Waals surface area (Å²) in [5, 5.41) is 47.4. The van der Waals surface area contributed by atoms with Crippen LogP contribution in [-0.4, -0.2) is 101 Å². The molecule has 8 nitrogen and oxygen atoms in total. The van der Waals surface area contributed by atoms with Gasteiger partial charge in [-0.3, -0.25) is 4.90 Å². The largest absolute Gasteiger partial charge is 0.396 e. The van der Waals surface area contributed by atoms with Crippen molar-refractivity contribution >= 4 is 0 Å². The van der Waals surface area contributed by atoms with Gasteiger partial charge in [-0.25, -0.2) is 0 Å². The zero-order valence-electron chi connectivity index (χ0n) is 18.5. The molecule has 8 heteroatoms. The molecule has 0 aromatic heterocycles. The molecule has 14 unspecified atom stereocenters. The van der Waals surface area contributed by atoms with Crippen LogP contribution in [0, 0.1) is 34.5 Å². The molecule has 9 bridgehead atoms. The Bertz CT molecular complexity index is 828. The third kappa shape index (κ3) is 1.61. The Morgan fingerprint density at radius 1 is 1.19 bits per heavy atom. The van der Waals surface area contributed by atoms with Crippen molar-refractivity contribution in [3.8, 4) is 0 Å². The third-order valence-corrected chi connectivity index (χ3v) is 11.5. The minimum Gasteiger partial charge on any atom is -0.396 e. The van der Waals surface area contributed by atoms with Crippen molar-refractivity contribution in [2.45, 2.75) is 80.5 Å². The molecule has 1 spiro atoms. The summed E-state index contributed by atoms with van der Waals surface area (Å²) in [7, 11) is 3.25. The van der Waals surface area contributed by atoms with E-state index in [1.807, 2.05) is 0 Å². The summed E-state index contributed by atoms with van der Waals surface area (Å²) in [5.74, 6) is -0.631. The number of fused-ring (bicyclic) bond motifs is 3. The fraction of sp³-hybridized carbons (Fsp3) is 1.00. The predicted molar refractivity (Wildman–Crippen MR) is 107 cm³/mol. The van der Waals surface area contributed by atoms with Crippen LogP contribution in [0.25, 0.3) is 0 Å². The number of methoxy groups -OCH3 is 2. The molecule has 0 aromatic rings. The number of aliphatic hydroxyl groups is 4. The third-order valence-electron chi connectivity index (χ3n) is 11.5. The van der Waals surface area contributed by atoms with E-state index in [0.717, 1.165) is 19.3 Å². The summed E-state index contributed by atoms with van der Waals surface area (Å²) in [6.07, 6.45) is 0.687. The van der Waals surface area contributed by atoms with Crippen molar-refractivity contribution in [1.29, 1.82) is 0 Å². The minimum atomic E-state index is -1.57. The van der Waals surface area contributed by atoms with Gasteiger partial charge in [0.2, 0.25) is 0 Å². The average Bonchev–Trinajstić information content (AvgIpc) is 3.16. The summed E-state index contributed by atoms with van der Waals surface area (Å²) in [6.45, 7) is 2.69. The Morgan fingerprint density at radius 2 is 1.97 bits per heavy atom. The van der Waals surface area contributed by atoms with Crippen LogP contribution >= 0.6 is 0 Å². The first-order chi connectivity index (χ1) is 14.8. The van der Waals surface area contributed by atoms with Crippen molar-refractivity contribution in [3.05, 3.63) is 0 Å².